The Bertz CT molecular complexity index is 1500. The molecule has 1 aliphatic carbocycles. The van der Waals surface area contributed by atoms with Crippen molar-refractivity contribution in [3.63, 3.8) is 0 Å². The summed E-state index contributed by atoms with van der Waals surface area (Å²) >= 11 is 0. The van der Waals surface area contributed by atoms with Crippen molar-refractivity contribution in [2.24, 2.45) is 5.92 Å². The fraction of sp³-hybridized carbons (Fsp3) is 0.286. The first-order chi connectivity index (χ1) is 16.1. The maximum absolute atomic E-state index is 6.78. The molecule has 1 fully saturated rings. The molecule has 4 radical (unpaired) electrons. The van der Waals surface area contributed by atoms with Crippen molar-refractivity contribution in [1.82, 2.24) is 9.97 Å². The fourth-order valence-electron chi connectivity index (χ4n) is 5.67. The Morgan fingerprint density at radius 3 is 2.45 bits per heavy atom. The van der Waals surface area contributed by atoms with Gasteiger partial charge in [-0.3, -0.25) is 4.98 Å². The van der Waals surface area contributed by atoms with E-state index >= 15 is 0 Å². The predicted octanol–water partition coefficient (Wildman–Crippen LogP) is 6.57. The van der Waals surface area contributed by atoms with Crippen LogP contribution in [0.5, 0.6) is 0 Å². The molecule has 3 heterocycles. The van der Waals surface area contributed by atoms with Gasteiger partial charge in [0.25, 0.3) is 0 Å². The standard InChI is InChI=1S/C28H24B2N2O/c1-17-20-10-5-6-11-21(20)25-22-12-7-14-32-27(22)33-26(25)24(17)23-16-19(13-15-31-23)28(29,30)18-8-3-2-4-9-18/h5-7,10-16,18H,2-4,8-9H2,1H3. The SMILES string of the molecule is [B]C([B])(c1ccnc(-c2c(C)c3ccccc3c3c2oc2ncccc23)c1)C1CCCCC1. The molecule has 3 aromatic heterocycles. The quantitative estimate of drug-likeness (QED) is 0.306. The molecule has 0 N–H and O–H groups in total. The smallest absolute Gasteiger partial charge is 0.227 e. The van der Waals surface area contributed by atoms with Gasteiger partial charge in [0.05, 0.1) is 21.4 Å². The Kier molecular flexibility index (Phi) is 4.83. The summed E-state index contributed by atoms with van der Waals surface area (Å²) in [4.78, 5) is 9.25. The first-order valence-electron chi connectivity index (χ1n) is 11.8. The molecule has 0 amide bonds. The number of furan rings is 1. The third-order valence-electron chi connectivity index (χ3n) is 7.47. The van der Waals surface area contributed by atoms with E-state index in [1.54, 1.807) is 6.20 Å². The van der Waals surface area contributed by atoms with E-state index in [4.69, 9.17) is 25.1 Å². The molecule has 5 heteroatoms. The van der Waals surface area contributed by atoms with Gasteiger partial charge in [0.1, 0.15) is 5.58 Å². The number of hydrogen-bond donors (Lipinski definition) is 0. The number of pyridine rings is 2. The van der Waals surface area contributed by atoms with Crippen molar-refractivity contribution in [3.8, 4) is 11.3 Å². The molecular weight excluding hydrogens is 402 g/mol. The third kappa shape index (κ3) is 3.20. The van der Waals surface area contributed by atoms with Crippen LogP contribution in [-0.4, -0.2) is 25.7 Å². The van der Waals surface area contributed by atoms with Crippen LogP contribution in [0, 0.1) is 12.8 Å². The van der Waals surface area contributed by atoms with Gasteiger partial charge in [-0.1, -0.05) is 67.1 Å². The van der Waals surface area contributed by atoms with Crippen molar-refractivity contribution < 1.29 is 4.42 Å². The van der Waals surface area contributed by atoms with Crippen molar-refractivity contribution >= 4 is 48.5 Å². The van der Waals surface area contributed by atoms with Crippen LogP contribution < -0.4 is 0 Å². The molecule has 158 valence electrons. The summed E-state index contributed by atoms with van der Waals surface area (Å²) < 4.78 is 6.36. The predicted molar refractivity (Wildman–Crippen MR) is 137 cm³/mol. The van der Waals surface area contributed by atoms with E-state index in [0.717, 1.165) is 57.0 Å². The maximum atomic E-state index is 6.78. The molecule has 0 spiro atoms. The number of nitrogens with zero attached hydrogens (tertiary/aromatic N) is 2. The lowest BCUT2D eigenvalue weighted by molar-refractivity contribution is 0.327. The van der Waals surface area contributed by atoms with E-state index < -0.39 is 5.21 Å². The van der Waals surface area contributed by atoms with Gasteiger partial charge in [0, 0.05) is 28.7 Å². The van der Waals surface area contributed by atoms with Gasteiger partial charge in [0.2, 0.25) is 5.71 Å². The molecule has 6 rings (SSSR count). The normalized spacial score (nSPS) is 15.5. The molecule has 33 heavy (non-hydrogen) atoms. The summed E-state index contributed by atoms with van der Waals surface area (Å²) in [6.45, 7) is 2.13. The molecule has 1 saturated carbocycles. The Balaban J connectivity index is 1.62. The van der Waals surface area contributed by atoms with Gasteiger partial charge in [-0.05, 0) is 53.4 Å². The second-order valence-corrected chi connectivity index (χ2v) is 9.41. The van der Waals surface area contributed by atoms with Crippen LogP contribution in [0.4, 0.5) is 0 Å². The minimum Gasteiger partial charge on any atom is -0.437 e. The topological polar surface area (TPSA) is 38.9 Å². The summed E-state index contributed by atoms with van der Waals surface area (Å²) in [5.41, 5.74) is 5.30. The summed E-state index contributed by atoms with van der Waals surface area (Å²) in [7, 11) is 13.6. The van der Waals surface area contributed by atoms with E-state index in [9.17, 15) is 0 Å². The van der Waals surface area contributed by atoms with Crippen LogP contribution in [0.1, 0.15) is 43.2 Å². The first kappa shape index (κ1) is 20.5. The lowest BCUT2D eigenvalue weighted by atomic mass is 9.43. The van der Waals surface area contributed by atoms with Crippen molar-refractivity contribution in [3.05, 3.63) is 72.1 Å². The Morgan fingerprint density at radius 1 is 0.879 bits per heavy atom. The fourth-order valence-corrected chi connectivity index (χ4v) is 5.67. The van der Waals surface area contributed by atoms with Crippen LogP contribution in [-0.2, 0) is 5.21 Å². The lowest BCUT2D eigenvalue weighted by Crippen LogP contribution is -2.37. The number of hydrogen-bond acceptors (Lipinski definition) is 3. The second-order valence-electron chi connectivity index (χ2n) is 9.41. The molecule has 5 aromatic rings. The monoisotopic (exact) mass is 426 g/mol. The number of rotatable bonds is 3. The van der Waals surface area contributed by atoms with Crippen LogP contribution in [0.15, 0.2) is 65.3 Å². The van der Waals surface area contributed by atoms with Crippen molar-refractivity contribution in [2.45, 2.75) is 44.2 Å². The Hall–Kier alpha value is -3.07. The summed E-state index contributed by atoms with van der Waals surface area (Å²) in [5, 5.41) is 3.54. The van der Waals surface area contributed by atoms with Crippen molar-refractivity contribution in [2.75, 3.05) is 0 Å². The zero-order chi connectivity index (χ0) is 22.6. The van der Waals surface area contributed by atoms with Crippen molar-refractivity contribution in [1.29, 1.82) is 0 Å². The molecule has 0 aliphatic heterocycles. The molecule has 3 nitrogen and oxygen atoms in total. The minimum atomic E-state index is -0.878. The van der Waals surface area contributed by atoms with Gasteiger partial charge < -0.3 is 4.42 Å². The molecule has 1 aliphatic rings. The molecule has 0 saturated heterocycles. The maximum Gasteiger partial charge on any atom is 0.227 e. The highest BCUT2D eigenvalue weighted by atomic mass is 16.3. The van der Waals surface area contributed by atoms with Gasteiger partial charge in [-0.25, -0.2) is 4.98 Å². The van der Waals surface area contributed by atoms with Crippen LogP contribution >= 0.6 is 0 Å². The second kappa shape index (κ2) is 7.76. The van der Waals surface area contributed by atoms with Gasteiger partial charge in [-0.15, -0.1) is 0 Å². The molecule has 0 unspecified atom stereocenters. The van der Waals surface area contributed by atoms with E-state index in [0.29, 0.717) is 5.71 Å². The molecule has 0 atom stereocenters. The highest BCUT2D eigenvalue weighted by Crippen LogP contribution is 2.43. The van der Waals surface area contributed by atoms with Gasteiger partial charge in [0.15, 0.2) is 0 Å². The van der Waals surface area contributed by atoms with Gasteiger partial charge >= 0.3 is 0 Å². The lowest BCUT2D eigenvalue weighted by Gasteiger charge is -2.38. The van der Waals surface area contributed by atoms with Crippen LogP contribution in [0.25, 0.3) is 44.1 Å². The minimum absolute atomic E-state index is 0.273. The zero-order valence-corrected chi connectivity index (χ0v) is 18.8. The van der Waals surface area contributed by atoms with Crippen LogP contribution in [0.3, 0.4) is 0 Å². The highest BCUT2D eigenvalue weighted by molar-refractivity contribution is 6.40. The highest BCUT2D eigenvalue weighted by Gasteiger charge is 2.32. The average Bonchev–Trinajstić information content (AvgIpc) is 3.24. The average molecular weight is 426 g/mol. The van der Waals surface area contributed by atoms with E-state index in [1.165, 1.54) is 24.6 Å². The number of fused-ring (bicyclic) bond motifs is 5. The Labute approximate surface area is 196 Å². The first-order valence-corrected chi connectivity index (χ1v) is 11.8. The van der Waals surface area contributed by atoms with E-state index in [2.05, 4.69) is 48.3 Å². The Morgan fingerprint density at radius 2 is 1.64 bits per heavy atom. The third-order valence-corrected chi connectivity index (χ3v) is 7.47. The largest absolute Gasteiger partial charge is 0.437 e. The number of benzene rings is 2. The number of aromatic nitrogens is 2. The summed E-state index contributed by atoms with van der Waals surface area (Å²) in [5.74, 6) is 0.273. The molecule has 0 bridgehead atoms. The van der Waals surface area contributed by atoms with E-state index in [-0.39, 0.29) is 5.92 Å². The molecule has 2 aromatic carbocycles. The van der Waals surface area contributed by atoms with Crippen LogP contribution in [0.2, 0.25) is 0 Å². The van der Waals surface area contributed by atoms with Gasteiger partial charge in [-0.2, -0.15) is 0 Å². The zero-order valence-electron chi connectivity index (χ0n) is 18.8. The van der Waals surface area contributed by atoms with E-state index in [1.807, 2.05) is 18.3 Å². The molecular formula is C28H24B2N2O. The summed E-state index contributed by atoms with van der Waals surface area (Å²) in [6.07, 6.45) is 9.37. The summed E-state index contributed by atoms with van der Waals surface area (Å²) in [6, 6.07) is 16.5. The number of aryl methyl sites for hydroxylation is 1.